The van der Waals surface area contributed by atoms with Crippen molar-refractivity contribution in [1.29, 1.82) is 0 Å². The van der Waals surface area contributed by atoms with Crippen LogP contribution in [0.1, 0.15) is 39.5 Å². The highest BCUT2D eigenvalue weighted by Gasteiger charge is 2.35. The maximum absolute atomic E-state index is 11.4. The van der Waals surface area contributed by atoms with Gasteiger partial charge in [0.15, 0.2) is 0 Å². The highest BCUT2D eigenvalue weighted by molar-refractivity contribution is 5.73. The third-order valence-corrected chi connectivity index (χ3v) is 4.68. The van der Waals surface area contributed by atoms with Crippen LogP contribution in [0.15, 0.2) is 0 Å². The number of carbonyl (C=O) groups is 1. The number of carboxylic acids is 1. The number of nitrogens with zero attached hydrogens (tertiary/aromatic N) is 2. The Labute approximate surface area is 121 Å². The smallest absolute Gasteiger partial charge is 0.320 e. The van der Waals surface area contributed by atoms with Gasteiger partial charge in [0.1, 0.15) is 6.04 Å². The maximum atomic E-state index is 11.4. The van der Waals surface area contributed by atoms with Crippen LogP contribution in [0.2, 0.25) is 0 Å². The minimum absolute atomic E-state index is 0.188. The fourth-order valence-electron chi connectivity index (χ4n) is 3.58. The van der Waals surface area contributed by atoms with Crippen LogP contribution in [-0.4, -0.2) is 70.3 Å². The summed E-state index contributed by atoms with van der Waals surface area (Å²) in [6, 6.07) is -0.0591. The Morgan fingerprint density at radius 1 is 1.20 bits per heavy atom. The van der Waals surface area contributed by atoms with Gasteiger partial charge in [-0.1, -0.05) is 13.8 Å². The maximum Gasteiger partial charge on any atom is 0.320 e. The minimum Gasteiger partial charge on any atom is -0.480 e. The molecule has 3 unspecified atom stereocenters. The lowest BCUT2D eigenvalue weighted by molar-refractivity contribution is -0.145. The van der Waals surface area contributed by atoms with Gasteiger partial charge in [-0.2, -0.15) is 0 Å². The average Bonchev–Trinajstić information content (AvgIpc) is 2.82. The van der Waals surface area contributed by atoms with Crippen molar-refractivity contribution in [3.8, 4) is 0 Å². The molecule has 0 aromatic rings. The highest BCUT2D eigenvalue weighted by atomic mass is 16.4. The zero-order chi connectivity index (χ0) is 14.7. The van der Waals surface area contributed by atoms with Crippen LogP contribution in [0.3, 0.4) is 0 Å². The number of aliphatic hydroxyl groups excluding tert-OH is 1. The molecule has 2 N–H and O–H groups in total. The Bertz CT molecular complexity index is 327. The molecule has 116 valence electrons. The van der Waals surface area contributed by atoms with Crippen molar-refractivity contribution in [2.45, 2.75) is 57.7 Å². The fourth-order valence-corrected chi connectivity index (χ4v) is 3.58. The zero-order valence-corrected chi connectivity index (χ0v) is 12.7. The first-order valence-corrected chi connectivity index (χ1v) is 7.88. The van der Waals surface area contributed by atoms with E-state index < -0.39 is 5.97 Å². The van der Waals surface area contributed by atoms with Gasteiger partial charge in [-0.15, -0.1) is 0 Å². The van der Waals surface area contributed by atoms with E-state index in [4.69, 9.17) is 0 Å². The molecule has 0 bridgehead atoms. The summed E-state index contributed by atoms with van der Waals surface area (Å²) >= 11 is 0. The predicted molar refractivity (Wildman–Crippen MR) is 77.7 cm³/mol. The standard InChI is InChI=1S/C15H28N2O3/c1-11(2)10-13(15(19)20)17-8-6-16(7-9-17)12-4-3-5-14(12)18/h11-14,18H,3-10H2,1-2H3,(H,19,20). The number of rotatable bonds is 5. The lowest BCUT2D eigenvalue weighted by Crippen LogP contribution is -2.56. The minimum atomic E-state index is -0.701. The van der Waals surface area contributed by atoms with E-state index in [9.17, 15) is 15.0 Å². The van der Waals surface area contributed by atoms with Crippen molar-refractivity contribution < 1.29 is 15.0 Å². The number of piperazine rings is 1. The van der Waals surface area contributed by atoms with Crippen molar-refractivity contribution in [3.63, 3.8) is 0 Å². The summed E-state index contributed by atoms with van der Waals surface area (Å²) in [6.45, 7) is 7.50. The fraction of sp³-hybridized carbons (Fsp3) is 0.933. The van der Waals surface area contributed by atoms with Crippen LogP contribution in [0, 0.1) is 5.92 Å². The number of aliphatic hydroxyl groups is 1. The molecule has 2 fully saturated rings. The number of hydrogen-bond donors (Lipinski definition) is 2. The van der Waals surface area contributed by atoms with Crippen LogP contribution in [-0.2, 0) is 4.79 Å². The molecule has 2 aliphatic rings. The number of carboxylic acid groups (broad SMARTS) is 1. The summed E-state index contributed by atoms with van der Waals surface area (Å²) in [6.07, 6.45) is 3.62. The zero-order valence-electron chi connectivity index (χ0n) is 12.7. The quantitative estimate of drug-likeness (QED) is 0.789. The SMILES string of the molecule is CC(C)CC(C(=O)O)N1CCN(C2CCCC2O)CC1. The van der Waals surface area contributed by atoms with Crippen LogP contribution in [0.4, 0.5) is 0 Å². The van der Waals surface area contributed by atoms with Gasteiger partial charge in [-0.05, 0) is 31.6 Å². The van der Waals surface area contributed by atoms with Gasteiger partial charge >= 0.3 is 5.97 Å². The Hall–Kier alpha value is -0.650. The molecule has 5 nitrogen and oxygen atoms in total. The van der Waals surface area contributed by atoms with E-state index in [1.165, 1.54) is 0 Å². The van der Waals surface area contributed by atoms with Gasteiger partial charge in [0, 0.05) is 32.2 Å². The van der Waals surface area contributed by atoms with Gasteiger partial charge in [-0.25, -0.2) is 0 Å². The summed E-state index contributed by atoms with van der Waals surface area (Å²) < 4.78 is 0. The van der Waals surface area contributed by atoms with Gasteiger partial charge < -0.3 is 10.2 Å². The third-order valence-electron chi connectivity index (χ3n) is 4.68. The molecule has 5 heteroatoms. The summed E-state index contributed by atoms with van der Waals surface area (Å²) in [5, 5.41) is 19.4. The van der Waals surface area contributed by atoms with E-state index >= 15 is 0 Å². The molecule has 20 heavy (non-hydrogen) atoms. The van der Waals surface area contributed by atoms with Crippen molar-refractivity contribution in [2.75, 3.05) is 26.2 Å². The number of aliphatic carboxylic acids is 1. The lowest BCUT2D eigenvalue weighted by atomic mass is 10.0. The molecule has 1 aliphatic carbocycles. The molecule has 0 aromatic heterocycles. The van der Waals surface area contributed by atoms with Crippen LogP contribution >= 0.6 is 0 Å². The summed E-state index contributed by atoms with van der Waals surface area (Å²) in [7, 11) is 0. The van der Waals surface area contributed by atoms with E-state index in [1.807, 2.05) is 0 Å². The van der Waals surface area contributed by atoms with Crippen molar-refractivity contribution in [3.05, 3.63) is 0 Å². The Balaban J connectivity index is 1.87. The van der Waals surface area contributed by atoms with Crippen molar-refractivity contribution in [1.82, 2.24) is 9.80 Å². The van der Waals surface area contributed by atoms with E-state index in [2.05, 4.69) is 23.6 Å². The molecule has 1 saturated carbocycles. The summed E-state index contributed by atoms with van der Waals surface area (Å²) in [4.78, 5) is 15.9. The molecule has 3 atom stereocenters. The van der Waals surface area contributed by atoms with Gasteiger partial charge in [-0.3, -0.25) is 14.6 Å². The topological polar surface area (TPSA) is 64.0 Å². The number of hydrogen-bond acceptors (Lipinski definition) is 4. The predicted octanol–water partition coefficient (Wildman–Crippen LogP) is 1.02. The first kappa shape index (κ1) is 15.7. The second kappa shape index (κ2) is 6.87. The van der Waals surface area contributed by atoms with E-state index in [0.29, 0.717) is 18.4 Å². The average molecular weight is 284 g/mol. The van der Waals surface area contributed by atoms with Crippen LogP contribution in [0.25, 0.3) is 0 Å². The lowest BCUT2D eigenvalue weighted by Gasteiger charge is -2.41. The molecule has 0 amide bonds. The molecule has 0 radical (unpaired) electrons. The first-order valence-electron chi connectivity index (χ1n) is 7.88. The summed E-state index contributed by atoms with van der Waals surface area (Å²) in [5.41, 5.74) is 0. The molecule has 1 aliphatic heterocycles. The van der Waals surface area contributed by atoms with Gasteiger partial charge in [0.05, 0.1) is 6.10 Å². The molecule has 0 aromatic carbocycles. The van der Waals surface area contributed by atoms with Crippen LogP contribution in [0.5, 0.6) is 0 Å². The Morgan fingerprint density at radius 2 is 1.85 bits per heavy atom. The largest absolute Gasteiger partial charge is 0.480 e. The van der Waals surface area contributed by atoms with Gasteiger partial charge in [0.2, 0.25) is 0 Å². The molecule has 1 heterocycles. The second-order valence-electron chi connectivity index (χ2n) is 6.62. The second-order valence-corrected chi connectivity index (χ2v) is 6.62. The molecule has 2 rings (SSSR count). The highest BCUT2D eigenvalue weighted by Crippen LogP contribution is 2.25. The monoisotopic (exact) mass is 284 g/mol. The van der Waals surface area contributed by atoms with Crippen molar-refractivity contribution in [2.24, 2.45) is 5.92 Å². The summed E-state index contributed by atoms with van der Waals surface area (Å²) in [5.74, 6) is -0.307. The first-order chi connectivity index (χ1) is 9.49. The Kier molecular flexibility index (Phi) is 5.41. The van der Waals surface area contributed by atoms with E-state index in [1.54, 1.807) is 0 Å². The normalized spacial score (nSPS) is 30.8. The Morgan fingerprint density at radius 3 is 2.30 bits per heavy atom. The van der Waals surface area contributed by atoms with Crippen molar-refractivity contribution >= 4 is 5.97 Å². The third kappa shape index (κ3) is 3.71. The van der Waals surface area contributed by atoms with Crippen LogP contribution < -0.4 is 0 Å². The van der Waals surface area contributed by atoms with E-state index in [-0.39, 0.29) is 12.1 Å². The molecular formula is C15H28N2O3. The molecular weight excluding hydrogens is 256 g/mol. The van der Waals surface area contributed by atoms with Gasteiger partial charge in [0.25, 0.3) is 0 Å². The molecule has 0 spiro atoms. The molecule has 1 saturated heterocycles. The van der Waals surface area contributed by atoms with E-state index in [0.717, 1.165) is 45.4 Å².